The highest BCUT2D eigenvalue weighted by Gasteiger charge is 2.31. The van der Waals surface area contributed by atoms with E-state index in [1.807, 2.05) is 4.90 Å². The van der Waals surface area contributed by atoms with Gasteiger partial charge >= 0.3 is 6.03 Å². The van der Waals surface area contributed by atoms with E-state index in [4.69, 9.17) is 0 Å². The first-order valence-electron chi connectivity index (χ1n) is 6.65. The standard InChI is InChI=1S/C10H20N2O.C3H6FN/c1-3-7-11-10(13)12(8-4-2)9-5-6-9;1-3(4)2-5/h9H,3-8H2,1-2H3,(H,11,13);2H,5H2,1H3/b;3-2+. The largest absolute Gasteiger partial charge is 0.403 e. The van der Waals surface area contributed by atoms with Crippen LogP contribution in [0.2, 0.25) is 0 Å². The van der Waals surface area contributed by atoms with Gasteiger partial charge in [-0.3, -0.25) is 0 Å². The molecule has 0 spiro atoms. The molecule has 106 valence electrons. The van der Waals surface area contributed by atoms with Gasteiger partial charge in [-0.1, -0.05) is 13.8 Å². The first-order chi connectivity index (χ1) is 8.56. The maximum absolute atomic E-state index is 11.6. The quantitative estimate of drug-likeness (QED) is 0.797. The summed E-state index contributed by atoms with van der Waals surface area (Å²) in [5, 5.41) is 2.93. The molecule has 0 aromatic carbocycles. The van der Waals surface area contributed by atoms with Crippen LogP contribution in [0.25, 0.3) is 0 Å². The SMILES string of the molecule is C/C(F)=C\N.CCCNC(=O)N(CCC)C1CC1. The minimum atomic E-state index is -0.343. The predicted octanol–water partition coefficient (Wildman–Crippen LogP) is 2.76. The lowest BCUT2D eigenvalue weighted by Gasteiger charge is -2.21. The van der Waals surface area contributed by atoms with Crippen molar-refractivity contribution < 1.29 is 9.18 Å². The molecule has 0 atom stereocenters. The Balaban J connectivity index is 0.000000494. The second-order valence-electron chi connectivity index (χ2n) is 4.41. The van der Waals surface area contributed by atoms with Crippen LogP contribution in [0, 0.1) is 0 Å². The number of nitrogens with zero attached hydrogens (tertiary/aromatic N) is 1. The van der Waals surface area contributed by atoms with Gasteiger partial charge in [-0.25, -0.2) is 9.18 Å². The Morgan fingerprint density at radius 3 is 2.33 bits per heavy atom. The maximum Gasteiger partial charge on any atom is 0.317 e. The van der Waals surface area contributed by atoms with E-state index in [-0.39, 0.29) is 11.9 Å². The normalized spacial score (nSPS) is 14.6. The molecular weight excluding hydrogens is 233 g/mol. The fraction of sp³-hybridized carbons (Fsp3) is 0.769. The third-order valence-electron chi connectivity index (χ3n) is 2.47. The highest BCUT2D eigenvalue weighted by molar-refractivity contribution is 5.74. The minimum absolute atomic E-state index is 0.131. The summed E-state index contributed by atoms with van der Waals surface area (Å²) in [7, 11) is 0. The van der Waals surface area contributed by atoms with Crippen LogP contribution >= 0.6 is 0 Å². The Morgan fingerprint density at radius 2 is 2.00 bits per heavy atom. The van der Waals surface area contributed by atoms with Crippen molar-refractivity contribution in [1.29, 1.82) is 0 Å². The summed E-state index contributed by atoms with van der Waals surface area (Å²) in [6, 6.07) is 0.669. The van der Waals surface area contributed by atoms with Crippen LogP contribution in [-0.4, -0.2) is 30.1 Å². The molecule has 0 heterocycles. The zero-order chi connectivity index (χ0) is 14.0. The fourth-order valence-corrected chi connectivity index (χ4v) is 1.41. The molecule has 0 aromatic rings. The molecule has 3 N–H and O–H groups in total. The van der Waals surface area contributed by atoms with Crippen LogP contribution in [0.5, 0.6) is 0 Å². The molecule has 2 amide bonds. The summed E-state index contributed by atoms with van der Waals surface area (Å²) < 4.78 is 11.2. The molecule has 1 aliphatic carbocycles. The highest BCUT2D eigenvalue weighted by Crippen LogP contribution is 2.26. The van der Waals surface area contributed by atoms with E-state index in [0.29, 0.717) is 6.04 Å². The van der Waals surface area contributed by atoms with Gasteiger partial charge in [0.1, 0.15) is 5.83 Å². The van der Waals surface area contributed by atoms with Gasteiger partial charge in [0.05, 0.1) is 0 Å². The third kappa shape index (κ3) is 7.92. The summed E-state index contributed by atoms with van der Waals surface area (Å²) in [6.07, 6.45) is 5.37. The van der Waals surface area contributed by atoms with Crippen molar-refractivity contribution in [3.63, 3.8) is 0 Å². The number of amides is 2. The molecule has 0 aliphatic heterocycles. The lowest BCUT2D eigenvalue weighted by molar-refractivity contribution is 0.195. The molecule has 18 heavy (non-hydrogen) atoms. The third-order valence-corrected chi connectivity index (χ3v) is 2.47. The monoisotopic (exact) mass is 259 g/mol. The molecule has 0 aromatic heterocycles. The van der Waals surface area contributed by atoms with Gasteiger partial charge in [-0.05, 0) is 32.6 Å². The van der Waals surface area contributed by atoms with Crippen molar-refractivity contribution in [3.05, 3.63) is 12.0 Å². The van der Waals surface area contributed by atoms with Gasteiger partial charge < -0.3 is 16.0 Å². The van der Waals surface area contributed by atoms with Crippen LogP contribution in [-0.2, 0) is 0 Å². The Kier molecular flexibility index (Phi) is 9.06. The second kappa shape index (κ2) is 9.74. The first kappa shape index (κ1) is 16.7. The summed E-state index contributed by atoms with van der Waals surface area (Å²) >= 11 is 0. The molecule has 0 unspecified atom stereocenters. The summed E-state index contributed by atoms with van der Waals surface area (Å²) in [4.78, 5) is 13.6. The van der Waals surface area contributed by atoms with Crippen molar-refractivity contribution in [2.24, 2.45) is 5.73 Å². The van der Waals surface area contributed by atoms with E-state index in [9.17, 15) is 9.18 Å². The average molecular weight is 259 g/mol. The topological polar surface area (TPSA) is 58.4 Å². The number of hydrogen-bond donors (Lipinski definition) is 2. The lowest BCUT2D eigenvalue weighted by Crippen LogP contribution is -2.42. The molecule has 5 heteroatoms. The Bertz CT molecular complexity index is 261. The summed E-state index contributed by atoms with van der Waals surface area (Å²) in [5.41, 5.74) is 4.63. The van der Waals surface area contributed by atoms with E-state index < -0.39 is 0 Å². The van der Waals surface area contributed by atoms with E-state index >= 15 is 0 Å². The number of carbonyl (C=O) groups is 1. The molecule has 0 saturated heterocycles. The maximum atomic E-state index is 11.6. The average Bonchev–Trinajstić information content (AvgIpc) is 3.17. The second-order valence-corrected chi connectivity index (χ2v) is 4.41. The zero-order valence-corrected chi connectivity index (χ0v) is 11.7. The first-order valence-corrected chi connectivity index (χ1v) is 6.65. The van der Waals surface area contributed by atoms with E-state index in [1.54, 1.807) is 0 Å². The lowest BCUT2D eigenvalue weighted by atomic mass is 10.4. The molecule has 0 radical (unpaired) electrons. The molecule has 1 rings (SSSR count). The van der Waals surface area contributed by atoms with Gasteiger partial charge in [-0.15, -0.1) is 0 Å². The van der Waals surface area contributed by atoms with Crippen LogP contribution in [0.3, 0.4) is 0 Å². The molecular formula is C13H26FN3O. The van der Waals surface area contributed by atoms with Gasteiger partial charge in [0.25, 0.3) is 0 Å². The number of urea groups is 1. The van der Waals surface area contributed by atoms with Crippen LogP contribution in [0.15, 0.2) is 12.0 Å². The van der Waals surface area contributed by atoms with Crippen LogP contribution in [0.1, 0.15) is 46.5 Å². The van der Waals surface area contributed by atoms with Crippen LogP contribution < -0.4 is 11.1 Å². The van der Waals surface area contributed by atoms with Crippen molar-refractivity contribution in [1.82, 2.24) is 10.2 Å². The van der Waals surface area contributed by atoms with Crippen molar-refractivity contribution >= 4 is 6.03 Å². The summed E-state index contributed by atoms with van der Waals surface area (Å²) in [6.45, 7) is 7.18. The smallest absolute Gasteiger partial charge is 0.317 e. The minimum Gasteiger partial charge on any atom is -0.403 e. The van der Waals surface area contributed by atoms with Crippen molar-refractivity contribution in [2.75, 3.05) is 13.1 Å². The predicted molar refractivity (Wildman–Crippen MR) is 72.8 cm³/mol. The molecule has 0 bridgehead atoms. The molecule has 1 saturated carbocycles. The molecule has 1 fully saturated rings. The number of halogens is 1. The number of rotatable bonds is 5. The zero-order valence-electron chi connectivity index (χ0n) is 11.7. The number of allylic oxidation sites excluding steroid dienone is 1. The molecule has 4 nitrogen and oxygen atoms in total. The van der Waals surface area contributed by atoms with E-state index in [2.05, 4.69) is 24.9 Å². The fourth-order valence-electron chi connectivity index (χ4n) is 1.41. The van der Waals surface area contributed by atoms with Gasteiger partial charge in [-0.2, -0.15) is 0 Å². The van der Waals surface area contributed by atoms with Crippen molar-refractivity contribution in [2.45, 2.75) is 52.5 Å². The van der Waals surface area contributed by atoms with Gasteiger partial charge in [0.15, 0.2) is 0 Å². The number of nitrogens with one attached hydrogen (secondary N) is 1. The Morgan fingerprint density at radius 1 is 1.44 bits per heavy atom. The Labute approximate surface area is 109 Å². The number of carbonyl (C=O) groups excluding carboxylic acids is 1. The highest BCUT2D eigenvalue weighted by atomic mass is 19.1. The van der Waals surface area contributed by atoms with Crippen LogP contribution in [0.4, 0.5) is 9.18 Å². The number of hydrogen-bond acceptors (Lipinski definition) is 2. The van der Waals surface area contributed by atoms with Crippen molar-refractivity contribution in [3.8, 4) is 0 Å². The van der Waals surface area contributed by atoms with Gasteiger partial charge in [0.2, 0.25) is 0 Å². The molecule has 1 aliphatic rings. The summed E-state index contributed by atoms with van der Waals surface area (Å²) in [5.74, 6) is -0.343. The van der Waals surface area contributed by atoms with E-state index in [1.165, 1.54) is 19.8 Å². The van der Waals surface area contributed by atoms with E-state index in [0.717, 1.165) is 32.1 Å². The van der Waals surface area contributed by atoms with Gasteiger partial charge in [0, 0.05) is 25.3 Å². The Hall–Kier alpha value is -1.26. The number of nitrogens with two attached hydrogens (primary N) is 1.